The van der Waals surface area contributed by atoms with Crippen LogP contribution in [0.2, 0.25) is 0 Å². The summed E-state index contributed by atoms with van der Waals surface area (Å²) in [5.74, 6) is 0.787. The summed E-state index contributed by atoms with van der Waals surface area (Å²) in [6.45, 7) is 11.3. The summed E-state index contributed by atoms with van der Waals surface area (Å²) in [5.41, 5.74) is 3.21. The number of phenolic OH excluding ortho intramolecular Hbond substituents is 1. The predicted octanol–water partition coefficient (Wildman–Crippen LogP) is 3.28. The lowest BCUT2D eigenvalue weighted by Crippen LogP contribution is -1.99. The zero-order chi connectivity index (χ0) is 13.7. The fourth-order valence-corrected chi connectivity index (χ4v) is 1.26. The van der Waals surface area contributed by atoms with Crippen LogP contribution in [0.15, 0.2) is 52.5 Å². The number of benzene rings is 1. The van der Waals surface area contributed by atoms with Crippen molar-refractivity contribution < 1.29 is 5.11 Å². The summed E-state index contributed by atoms with van der Waals surface area (Å²) in [7, 11) is 1.66. The summed E-state index contributed by atoms with van der Waals surface area (Å²) in [6.07, 6.45) is 1.63. The second kappa shape index (κ2) is 5.96. The maximum absolute atomic E-state index is 9.67. The van der Waals surface area contributed by atoms with Crippen LogP contribution in [0.25, 0.3) is 0 Å². The molecule has 0 amide bonds. The van der Waals surface area contributed by atoms with Gasteiger partial charge >= 0.3 is 0 Å². The molecule has 3 nitrogen and oxygen atoms in total. The lowest BCUT2D eigenvalue weighted by Gasteiger charge is -2.04. The zero-order valence-electron chi connectivity index (χ0n) is 11.1. The van der Waals surface area contributed by atoms with Crippen LogP contribution < -0.4 is 0 Å². The van der Waals surface area contributed by atoms with Crippen LogP contribution in [0.4, 0.5) is 0 Å². The molecule has 0 fully saturated rings. The van der Waals surface area contributed by atoms with Crippen LogP contribution in [0.1, 0.15) is 18.1 Å². The summed E-state index contributed by atoms with van der Waals surface area (Å²) < 4.78 is 0. The highest BCUT2D eigenvalue weighted by Gasteiger charge is 2.03. The average Bonchev–Trinajstić information content (AvgIpc) is 2.33. The van der Waals surface area contributed by atoms with Crippen LogP contribution in [-0.4, -0.2) is 24.2 Å². The van der Waals surface area contributed by atoms with E-state index >= 15 is 0 Å². The molecular weight excluding hydrogens is 224 g/mol. The Morgan fingerprint density at radius 2 is 2.00 bits per heavy atom. The highest BCUT2D eigenvalue weighted by Crippen LogP contribution is 2.18. The van der Waals surface area contributed by atoms with Gasteiger partial charge in [-0.25, -0.2) is 4.99 Å². The normalized spacial score (nSPS) is 11.8. The number of allylic oxidation sites excluding steroid dienone is 2. The van der Waals surface area contributed by atoms with Gasteiger partial charge in [-0.1, -0.05) is 30.9 Å². The first-order chi connectivity index (χ1) is 8.45. The number of aliphatic imine (C=N–C) groups is 2. The quantitative estimate of drug-likeness (QED) is 0.493. The number of rotatable bonds is 3. The molecule has 1 N–H and O–H groups in total. The van der Waals surface area contributed by atoms with E-state index in [1.54, 1.807) is 19.3 Å². The van der Waals surface area contributed by atoms with E-state index in [9.17, 15) is 5.11 Å². The van der Waals surface area contributed by atoms with Crippen LogP contribution >= 0.6 is 0 Å². The van der Waals surface area contributed by atoms with Gasteiger partial charge in [-0.2, -0.15) is 0 Å². The monoisotopic (exact) mass is 242 g/mol. The van der Waals surface area contributed by atoms with Crippen molar-refractivity contribution in [3.63, 3.8) is 0 Å². The highest BCUT2D eigenvalue weighted by molar-refractivity contribution is 6.05. The van der Waals surface area contributed by atoms with Gasteiger partial charge < -0.3 is 5.11 Å². The Labute approximate surface area is 108 Å². The fourth-order valence-electron chi connectivity index (χ4n) is 1.26. The molecule has 3 heteroatoms. The smallest absolute Gasteiger partial charge is 0.154 e. The Morgan fingerprint density at radius 3 is 2.50 bits per heavy atom. The molecule has 0 unspecified atom stereocenters. The molecule has 0 heterocycles. The van der Waals surface area contributed by atoms with Crippen molar-refractivity contribution in [2.75, 3.05) is 7.05 Å². The van der Waals surface area contributed by atoms with Gasteiger partial charge in [0, 0.05) is 18.8 Å². The third-order valence-corrected chi connectivity index (χ3v) is 2.57. The summed E-state index contributed by atoms with van der Waals surface area (Å²) in [6, 6.07) is 5.36. The van der Waals surface area contributed by atoms with Gasteiger partial charge in [0.15, 0.2) is 5.84 Å². The number of phenols is 1. The van der Waals surface area contributed by atoms with Gasteiger partial charge in [-0.15, -0.1) is 0 Å². The molecular formula is C15H18N2O. The van der Waals surface area contributed by atoms with Gasteiger partial charge in [0.1, 0.15) is 5.75 Å². The molecule has 1 rings (SSSR count). The number of aromatic hydroxyl groups is 1. The van der Waals surface area contributed by atoms with Crippen molar-refractivity contribution >= 4 is 12.1 Å². The van der Waals surface area contributed by atoms with Gasteiger partial charge in [-0.05, 0) is 31.1 Å². The maximum atomic E-state index is 9.67. The minimum absolute atomic E-state index is 0.238. The molecule has 0 aliphatic rings. The first-order valence-electron chi connectivity index (χ1n) is 5.61. The van der Waals surface area contributed by atoms with Crippen molar-refractivity contribution in [2.45, 2.75) is 13.8 Å². The summed E-state index contributed by atoms with van der Waals surface area (Å²) in [5, 5.41) is 9.67. The molecule has 0 spiro atoms. The zero-order valence-corrected chi connectivity index (χ0v) is 11.1. The van der Waals surface area contributed by atoms with Crippen LogP contribution in [0.3, 0.4) is 0 Å². The van der Waals surface area contributed by atoms with Gasteiger partial charge in [0.25, 0.3) is 0 Å². The van der Waals surface area contributed by atoms with Crippen LogP contribution in [0, 0.1) is 6.92 Å². The van der Waals surface area contributed by atoms with E-state index in [-0.39, 0.29) is 5.75 Å². The number of amidine groups is 1. The third kappa shape index (κ3) is 3.42. The number of hydrogen-bond donors (Lipinski definition) is 1. The molecule has 0 aromatic heterocycles. The minimum atomic E-state index is 0.238. The fraction of sp³-hybridized carbons (Fsp3) is 0.200. The van der Waals surface area contributed by atoms with Crippen molar-refractivity contribution in [1.29, 1.82) is 0 Å². The second-order valence-corrected chi connectivity index (χ2v) is 4.11. The molecule has 0 saturated heterocycles. The van der Waals surface area contributed by atoms with Crippen molar-refractivity contribution in [3.8, 4) is 5.75 Å². The molecule has 0 radical (unpaired) electrons. The Bertz CT molecular complexity index is 539. The standard InChI is InChI=1S/C15H18N2O/c1-10(2)12(4)9-17-15(16-5)13-7-6-11(3)14(18)8-13/h6-9,18H,1,4H2,2-3,5H3/b16-15-,17-9-. The predicted molar refractivity (Wildman–Crippen MR) is 77.8 cm³/mol. The lowest BCUT2D eigenvalue weighted by molar-refractivity contribution is 0.471. The molecule has 0 aliphatic carbocycles. The van der Waals surface area contributed by atoms with Crippen LogP contribution in [0.5, 0.6) is 5.75 Å². The third-order valence-electron chi connectivity index (χ3n) is 2.57. The van der Waals surface area contributed by atoms with Gasteiger partial charge in [-0.3, -0.25) is 4.99 Å². The van der Waals surface area contributed by atoms with E-state index in [0.29, 0.717) is 5.84 Å². The van der Waals surface area contributed by atoms with E-state index < -0.39 is 0 Å². The maximum Gasteiger partial charge on any atom is 0.154 e. The Hall–Kier alpha value is -2.16. The first kappa shape index (κ1) is 13.9. The van der Waals surface area contributed by atoms with Crippen molar-refractivity contribution in [3.05, 3.63) is 53.6 Å². The number of hydrogen-bond acceptors (Lipinski definition) is 2. The Kier molecular flexibility index (Phi) is 4.60. The van der Waals surface area contributed by atoms with E-state index in [1.807, 2.05) is 26.0 Å². The topological polar surface area (TPSA) is 45.0 Å². The van der Waals surface area contributed by atoms with E-state index in [4.69, 9.17) is 0 Å². The lowest BCUT2D eigenvalue weighted by atomic mass is 10.1. The first-order valence-corrected chi connectivity index (χ1v) is 5.61. The molecule has 1 aromatic rings. The molecule has 94 valence electrons. The van der Waals surface area contributed by atoms with Crippen molar-refractivity contribution in [2.24, 2.45) is 9.98 Å². The molecule has 18 heavy (non-hydrogen) atoms. The Morgan fingerprint density at radius 1 is 1.33 bits per heavy atom. The molecule has 0 atom stereocenters. The highest BCUT2D eigenvalue weighted by atomic mass is 16.3. The average molecular weight is 242 g/mol. The summed E-state index contributed by atoms with van der Waals surface area (Å²) in [4.78, 5) is 8.36. The molecule has 0 aliphatic heterocycles. The number of nitrogens with zero attached hydrogens (tertiary/aromatic N) is 2. The second-order valence-electron chi connectivity index (χ2n) is 4.11. The van der Waals surface area contributed by atoms with E-state index in [2.05, 4.69) is 23.1 Å². The molecule has 1 aromatic carbocycles. The van der Waals surface area contributed by atoms with Gasteiger partial charge in [0.2, 0.25) is 0 Å². The molecule has 0 bridgehead atoms. The van der Waals surface area contributed by atoms with Crippen molar-refractivity contribution in [1.82, 2.24) is 0 Å². The summed E-state index contributed by atoms with van der Waals surface area (Å²) >= 11 is 0. The minimum Gasteiger partial charge on any atom is -0.508 e. The van der Waals surface area contributed by atoms with Crippen LogP contribution in [-0.2, 0) is 0 Å². The molecule has 0 saturated carbocycles. The van der Waals surface area contributed by atoms with E-state index in [1.165, 1.54) is 0 Å². The SMILES string of the molecule is C=C(C)C(=C)/C=N\C(=N/C)c1ccc(C)c(O)c1. The largest absolute Gasteiger partial charge is 0.508 e. The van der Waals surface area contributed by atoms with Gasteiger partial charge in [0.05, 0.1) is 0 Å². The Balaban J connectivity index is 3.01. The number of aryl methyl sites for hydroxylation is 1. The van der Waals surface area contributed by atoms with E-state index in [0.717, 1.165) is 22.3 Å².